The second-order valence-corrected chi connectivity index (χ2v) is 7.81. The molecule has 0 aliphatic carbocycles. The Morgan fingerprint density at radius 2 is 1.70 bits per heavy atom. The van der Waals surface area contributed by atoms with E-state index in [1.165, 1.54) is 6.33 Å². The first kappa shape index (κ1) is 22.0. The second-order valence-electron chi connectivity index (χ2n) is 6.22. The normalized spacial score (nSPS) is 12.5. The fourth-order valence-electron chi connectivity index (χ4n) is 2.91. The monoisotopic (exact) mass is 453 g/mol. The van der Waals surface area contributed by atoms with Crippen molar-refractivity contribution in [3.63, 3.8) is 0 Å². The van der Waals surface area contributed by atoms with E-state index in [-0.39, 0.29) is 11.8 Å². The molecule has 0 radical (unpaired) electrons. The van der Waals surface area contributed by atoms with Crippen LogP contribution in [0.1, 0.15) is 28.3 Å². The van der Waals surface area contributed by atoms with Crippen LogP contribution >= 0.6 is 12.3 Å². The predicted octanol–water partition coefficient (Wildman–Crippen LogP) is 1.88. The molecule has 0 aliphatic heterocycles. The van der Waals surface area contributed by atoms with E-state index in [0.29, 0.717) is 23.6 Å². The number of benzene rings is 2. The highest BCUT2D eigenvalue weighted by atomic mass is 32.2. The summed E-state index contributed by atoms with van der Waals surface area (Å²) >= 11 is 0.589. The first-order valence-corrected chi connectivity index (χ1v) is 10.6. The largest absolute Gasteiger partial charge is 0.398 e. The Balaban J connectivity index is 1.97. The Morgan fingerprint density at radius 1 is 1.07 bits per heavy atom. The van der Waals surface area contributed by atoms with Gasteiger partial charge in [-0.15, -0.1) is 9.32 Å². The van der Waals surface area contributed by atoms with Gasteiger partial charge in [-0.3, -0.25) is 0 Å². The van der Waals surface area contributed by atoms with Crippen LogP contribution in [0, 0.1) is 13.8 Å². The van der Waals surface area contributed by atoms with Gasteiger partial charge < -0.3 is 8.37 Å². The molecular formula is C17H19N5O6S2. The van der Waals surface area contributed by atoms with E-state index in [1.54, 1.807) is 42.2 Å². The molecule has 1 aromatic heterocycles. The molecule has 3 rings (SSSR count). The van der Waals surface area contributed by atoms with Crippen LogP contribution < -0.4 is 19.4 Å². The Labute approximate surface area is 177 Å². The molecule has 0 saturated carbocycles. The average molecular weight is 454 g/mol. The summed E-state index contributed by atoms with van der Waals surface area (Å²) < 4.78 is 38.8. The van der Waals surface area contributed by atoms with E-state index >= 15 is 0 Å². The molecule has 2 aromatic carbocycles. The van der Waals surface area contributed by atoms with Gasteiger partial charge in [0.1, 0.15) is 30.2 Å². The van der Waals surface area contributed by atoms with Crippen LogP contribution in [0.5, 0.6) is 11.5 Å². The van der Waals surface area contributed by atoms with Crippen molar-refractivity contribution in [2.75, 3.05) is 0 Å². The molecule has 0 fully saturated rings. The lowest BCUT2D eigenvalue weighted by atomic mass is 9.96. The van der Waals surface area contributed by atoms with Crippen molar-refractivity contribution in [1.82, 2.24) is 14.8 Å². The first-order valence-electron chi connectivity index (χ1n) is 8.42. The lowest BCUT2D eigenvalue weighted by molar-refractivity contribution is -0.199. The van der Waals surface area contributed by atoms with Crippen LogP contribution in [0.4, 0.5) is 0 Å². The summed E-state index contributed by atoms with van der Waals surface area (Å²) in [5.41, 5.74) is 3.16. The van der Waals surface area contributed by atoms with Crippen molar-refractivity contribution in [2.45, 2.75) is 19.9 Å². The maximum Gasteiger partial charge on any atom is 0.380 e. The van der Waals surface area contributed by atoms with Crippen molar-refractivity contribution in [2.24, 2.45) is 11.0 Å². The minimum atomic E-state index is -4.12. The molecule has 1 heterocycles. The van der Waals surface area contributed by atoms with E-state index in [9.17, 15) is 8.42 Å². The van der Waals surface area contributed by atoms with Crippen LogP contribution in [0.25, 0.3) is 0 Å². The smallest absolute Gasteiger partial charge is 0.380 e. The fraction of sp³-hybridized carbons (Fsp3) is 0.176. The summed E-state index contributed by atoms with van der Waals surface area (Å²) in [4.78, 5) is 8.02. The summed E-state index contributed by atoms with van der Waals surface area (Å²) in [6.07, 6.45) is 3.03. The lowest BCUT2D eigenvalue weighted by Gasteiger charge is -2.20. The van der Waals surface area contributed by atoms with Crippen molar-refractivity contribution < 1.29 is 26.1 Å². The zero-order valence-electron chi connectivity index (χ0n) is 16.0. The van der Waals surface area contributed by atoms with Gasteiger partial charge in [0, 0.05) is 0 Å². The Kier molecular flexibility index (Phi) is 6.91. The predicted molar refractivity (Wildman–Crippen MR) is 108 cm³/mol. The van der Waals surface area contributed by atoms with Crippen LogP contribution in [-0.4, -0.2) is 23.2 Å². The van der Waals surface area contributed by atoms with Gasteiger partial charge in [0.2, 0.25) is 0 Å². The summed E-state index contributed by atoms with van der Waals surface area (Å²) in [6.45, 7) is 3.59. The number of aryl methyl sites for hydroxylation is 2. The van der Waals surface area contributed by atoms with Gasteiger partial charge >= 0.3 is 10.3 Å². The molecule has 160 valence electrons. The third-order valence-corrected chi connectivity index (χ3v) is 4.92. The first-order chi connectivity index (χ1) is 14.3. The quantitative estimate of drug-likeness (QED) is 0.212. The zero-order valence-corrected chi connectivity index (χ0v) is 17.6. The molecule has 3 aromatic rings. The molecule has 4 N–H and O–H groups in total. The molecule has 13 heteroatoms. The molecule has 11 nitrogen and oxygen atoms in total. The van der Waals surface area contributed by atoms with E-state index in [1.807, 2.05) is 19.1 Å². The molecule has 0 amide bonds. The van der Waals surface area contributed by atoms with Crippen molar-refractivity contribution in [1.29, 1.82) is 0 Å². The van der Waals surface area contributed by atoms with E-state index in [0.717, 1.165) is 16.7 Å². The number of hydrogen-bond donors (Lipinski definition) is 2. The van der Waals surface area contributed by atoms with E-state index in [2.05, 4.69) is 19.4 Å². The summed E-state index contributed by atoms with van der Waals surface area (Å²) in [7, 11) is -4.12. The van der Waals surface area contributed by atoms with Gasteiger partial charge in [-0.1, -0.05) is 12.1 Å². The SMILES string of the molecule is Cc1cc(C(c2ccc(OS(N)(=O)=O)c(C)c2)n2cncn2)ccc1OSOON. The van der Waals surface area contributed by atoms with Gasteiger partial charge in [0.15, 0.2) is 0 Å². The van der Waals surface area contributed by atoms with E-state index in [4.69, 9.17) is 19.4 Å². The molecule has 0 spiro atoms. The van der Waals surface area contributed by atoms with Crippen molar-refractivity contribution >= 4 is 22.6 Å². The average Bonchev–Trinajstić information content (AvgIpc) is 3.19. The lowest BCUT2D eigenvalue weighted by Crippen LogP contribution is -2.19. The summed E-state index contributed by atoms with van der Waals surface area (Å²) in [5, 5.41) is 9.23. The third kappa shape index (κ3) is 5.47. The molecule has 30 heavy (non-hydrogen) atoms. The van der Waals surface area contributed by atoms with Gasteiger partial charge in [0.05, 0.1) is 0 Å². The van der Waals surface area contributed by atoms with Gasteiger partial charge in [-0.25, -0.2) is 9.67 Å². The minimum Gasteiger partial charge on any atom is -0.398 e. The second kappa shape index (κ2) is 9.42. The molecule has 0 bridgehead atoms. The Bertz CT molecular complexity index is 1110. The van der Waals surface area contributed by atoms with E-state index < -0.39 is 10.3 Å². The highest BCUT2D eigenvalue weighted by Crippen LogP contribution is 2.33. The molecule has 0 saturated heterocycles. The molecular weight excluding hydrogens is 434 g/mol. The Hall–Kier alpha value is -2.68. The molecule has 1 atom stereocenters. The number of hydrogen-bond acceptors (Lipinski definition) is 10. The van der Waals surface area contributed by atoms with Crippen LogP contribution in [0.2, 0.25) is 0 Å². The van der Waals surface area contributed by atoms with Crippen LogP contribution in [0.3, 0.4) is 0 Å². The maximum absolute atomic E-state index is 11.2. The summed E-state index contributed by atoms with van der Waals surface area (Å²) in [6, 6.07) is 10.3. The van der Waals surface area contributed by atoms with Crippen molar-refractivity contribution in [3.05, 3.63) is 71.3 Å². The third-order valence-electron chi connectivity index (χ3n) is 4.13. The van der Waals surface area contributed by atoms with Crippen LogP contribution in [0.15, 0.2) is 49.1 Å². The maximum atomic E-state index is 11.2. The van der Waals surface area contributed by atoms with Gasteiger partial charge in [-0.2, -0.15) is 24.6 Å². The Morgan fingerprint density at radius 3 is 2.20 bits per heavy atom. The molecule has 0 aliphatic rings. The highest BCUT2D eigenvalue weighted by Gasteiger charge is 2.20. The number of rotatable bonds is 9. The minimum absolute atomic E-state index is 0.151. The van der Waals surface area contributed by atoms with Gasteiger partial charge in [0.25, 0.3) is 12.3 Å². The number of aromatic nitrogens is 3. The summed E-state index contributed by atoms with van der Waals surface area (Å²) in [5.74, 6) is 5.49. The number of nitrogens with two attached hydrogens (primary N) is 2. The standard InChI is InChI=1S/C17H19N5O6S2/c1-11-7-13(3-5-15(11)25-29-28-27-18)17(22-10-20-9-21-22)14-4-6-16(12(2)8-14)26-30(19,23)24/h3-10,17H,18H2,1-2H3,(H2,19,23,24). The van der Waals surface area contributed by atoms with Gasteiger partial charge in [-0.05, 0) is 60.4 Å². The van der Waals surface area contributed by atoms with Crippen molar-refractivity contribution in [3.8, 4) is 11.5 Å². The zero-order chi connectivity index (χ0) is 21.7. The van der Waals surface area contributed by atoms with Crippen LogP contribution in [-0.2, 0) is 19.6 Å². The molecule has 1 unspecified atom stereocenters. The topological polar surface area (TPSA) is 154 Å². The number of nitrogens with zero attached hydrogens (tertiary/aromatic N) is 3. The highest BCUT2D eigenvalue weighted by molar-refractivity contribution is 7.90. The fourth-order valence-corrected chi connectivity index (χ4v) is 3.67.